The second-order valence-electron chi connectivity index (χ2n) is 5.62. The van der Waals surface area contributed by atoms with Crippen LogP contribution < -0.4 is 16.0 Å². The van der Waals surface area contributed by atoms with Gasteiger partial charge in [-0.15, -0.1) is 0 Å². The van der Waals surface area contributed by atoms with Crippen molar-refractivity contribution in [1.82, 2.24) is 9.97 Å². The third kappa shape index (κ3) is 2.94. The fourth-order valence-corrected chi connectivity index (χ4v) is 4.32. The Morgan fingerprint density at radius 1 is 1.09 bits per heavy atom. The van der Waals surface area contributed by atoms with Gasteiger partial charge in [0, 0.05) is 5.69 Å². The number of hydrogen-bond acceptors (Lipinski definition) is 4. The van der Waals surface area contributed by atoms with Gasteiger partial charge in [0.15, 0.2) is 4.90 Å². The van der Waals surface area contributed by atoms with Gasteiger partial charge in [0.1, 0.15) is 0 Å². The molecule has 3 N–H and O–H groups in total. The molecule has 8 heteroatoms. The van der Waals surface area contributed by atoms with E-state index >= 15 is 0 Å². The van der Waals surface area contributed by atoms with Crippen LogP contribution in [0.2, 0.25) is 0 Å². The summed E-state index contributed by atoms with van der Waals surface area (Å²) in [7, 11) is -4.09. The van der Waals surface area contributed by atoms with Gasteiger partial charge in [0.25, 0.3) is 15.6 Å². The summed E-state index contributed by atoms with van der Waals surface area (Å²) < 4.78 is 27.7. The third-order valence-electron chi connectivity index (χ3n) is 3.98. The van der Waals surface area contributed by atoms with Crippen LogP contribution in [0.1, 0.15) is 29.7 Å². The molecule has 2 aromatic rings. The molecule has 0 fully saturated rings. The standard InChI is InChI=1S/C15H17N3O4S/c1-9-13(14(19)17-15(20)16-9)23(21,22)18-12-8-4-6-10-5-2-3-7-11(10)12/h4,6,8,18H,2-3,5,7H2,1H3,(H2,16,17,19,20). The number of nitrogens with one attached hydrogen (secondary N) is 3. The number of rotatable bonds is 3. The molecule has 0 unspecified atom stereocenters. The smallest absolute Gasteiger partial charge is 0.310 e. The number of aromatic nitrogens is 2. The average Bonchev–Trinajstić information content (AvgIpc) is 2.45. The highest BCUT2D eigenvalue weighted by Gasteiger charge is 2.24. The highest BCUT2D eigenvalue weighted by molar-refractivity contribution is 7.92. The highest BCUT2D eigenvalue weighted by atomic mass is 32.2. The van der Waals surface area contributed by atoms with Gasteiger partial charge in [-0.05, 0) is 49.8 Å². The molecule has 1 aromatic carbocycles. The zero-order valence-electron chi connectivity index (χ0n) is 12.6. The Morgan fingerprint density at radius 3 is 2.57 bits per heavy atom. The second kappa shape index (κ2) is 5.69. The van der Waals surface area contributed by atoms with E-state index in [4.69, 9.17) is 0 Å². The molecule has 1 aromatic heterocycles. The third-order valence-corrected chi connectivity index (χ3v) is 5.50. The van der Waals surface area contributed by atoms with E-state index in [1.165, 1.54) is 6.92 Å². The van der Waals surface area contributed by atoms with E-state index in [2.05, 4.69) is 9.71 Å². The normalized spacial score (nSPS) is 14.3. The Bertz CT molecular complexity index is 973. The van der Waals surface area contributed by atoms with Crippen LogP contribution in [0.25, 0.3) is 0 Å². The number of anilines is 1. The highest BCUT2D eigenvalue weighted by Crippen LogP contribution is 2.29. The first-order valence-corrected chi connectivity index (χ1v) is 8.83. The first-order chi connectivity index (χ1) is 10.9. The second-order valence-corrected chi connectivity index (χ2v) is 7.24. The van der Waals surface area contributed by atoms with Crippen LogP contribution in [-0.4, -0.2) is 18.4 Å². The molecule has 122 valence electrons. The summed E-state index contributed by atoms with van der Waals surface area (Å²) in [4.78, 5) is 26.9. The molecule has 7 nitrogen and oxygen atoms in total. The predicted octanol–water partition coefficient (Wildman–Crippen LogP) is 1.05. The fraction of sp³-hybridized carbons (Fsp3) is 0.333. The van der Waals surface area contributed by atoms with Gasteiger partial charge >= 0.3 is 5.69 Å². The van der Waals surface area contributed by atoms with E-state index in [1.54, 1.807) is 12.1 Å². The van der Waals surface area contributed by atoms with Crippen LogP contribution in [0.15, 0.2) is 32.7 Å². The predicted molar refractivity (Wildman–Crippen MR) is 86.3 cm³/mol. The number of hydrogen-bond donors (Lipinski definition) is 3. The van der Waals surface area contributed by atoms with E-state index in [-0.39, 0.29) is 5.69 Å². The molecular weight excluding hydrogens is 318 g/mol. The minimum atomic E-state index is -4.09. The molecule has 1 aliphatic carbocycles. The molecule has 0 atom stereocenters. The molecule has 3 rings (SSSR count). The van der Waals surface area contributed by atoms with Crippen LogP contribution >= 0.6 is 0 Å². The number of sulfonamides is 1. The summed E-state index contributed by atoms with van der Waals surface area (Å²) >= 11 is 0. The molecule has 0 radical (unpaired) electrons. The maximum Gasteiger partial charge on any atom is 0.325 e. The van der Waals surface area contributed by atoms with Crippen LogP contribution in [0, 0.1) is 6.92 Å². The van der Waals surface area contributed by atoms with Crippen molar-refractivity contribution < 1.29 is 8.42 Å². The van der Waals surface area contributed by atoms with E-state index < -0.39 is 26.2 Å². The summed E-state index contributed by atoms with van der Waals surface area (Å²) in [6.45, 7) is 1.38. The fourth-order valence-electron chi connectivity index (χ4n) is 2.98. The minimum absolute atomic E-state index is 0.0102. The maximum absolute atomic E-state index is 12.6. The Labute approximate surface area is 132 Å². The number of H-pyrrole nitrogens is 2. The topological polar surface area (TPSA) is 112 Å². The van der Waals surface area contributed by atoms with Crippen LogP contribution in [0.4, 0.5) is 5.69 Å². The lowest BCUT2D eigenvalue weighted by molar-refractivity contribution is 0.597. The lowest BCUT2D eigenvalue weighted by Crippen LogP contribution is -2.31. The molecule has 0 saturated carbocycles. The summed E-state index contributed by atoms with van der Waals surface area (Å²) in [5.74, 6) is 0. The summed E-state index contributed by atoms with van der Waals surface area (Å²) in [6.07, 6.45) is 3.81. The Morgan fingerprint density at radius 2 is 1.83 bits per heavy atom. The minimum Gasteiger partial charge on any atom is -0.310 e. The Balaban J connectivity index is 2.07. The van der Waals surface area contributed by atoms with Crippen molar-refractivity contribution in [2.24, 2.45) is 0 Å². The van der Waals surface area contributed by atoms with Crippen molar-refractivity contribution in [1.29, 1.82) is 0 Å². The van der Waals surface area contributed by atoms with E-state index in [0.717, 1.165) is 36.8 Å². The first-order valence-electron chi connectivity index (χ1n) is 7.35. The van der Waals surface area contributed by atoms with Gasteiger partial charge in [-0.1, -0.05) is 12.1 Å². The molecule has 0 amide bonds. The van der Waals surface area contributed by atoms with Gasteiger partial charge in [0.2, 0.25) is 0 Å². The van der Waals surface area contributed by atoms with Crippen molar-refractivity contribution in [2.75, 3.05) is 4.72 Å². The SMILES string of the molecule is Cc1[nH]c(=O)[nH]c(=O)c1S(=O)(=O)Nc1cccc2c1CCCC2. The van der Waals surface area contributed by atoms with Crippen LogP contribution in [0.3, 0.4) is 0 Å². The average molecular weight is 335 g/mol. The Kier molecular flexibility index (Phi) is 3.85. The summed E-state index contributed by atoms with van der Waals surface area (Å²) in [5.41, 5.74) is 0.944. The van der Waals surface area contributed by atoms with Crippen molar-refractivity contribution >= 4 is 15.7 Å². The van der Waals surface area contributed by atoms with Gasteiger partial charge in [0.05, 0.1) is 5.69 Å². The number of fused-ring (bicyclic) bond motifs is 1. The van der Waals surface area contributed by atoms with Crippen molar-refractivity contribution in [3.05, 3.63) is 55.9 Å². The zero-order chi connectivity index (χ0) is 16.6. The quantitative estimate of drug-likeness (QED) is 0.778. The maximum atomic E-state index is 12.6. The molecule has 0 saturated heterocycles. The van der Waals surface area contributed by atoms with Crippen molar-refractivity contribution in [3.63, 3.8) is 0 Å². The molecule has 23 heavy (non-hydrogen) atoms. The number of aromatic amines is 2. The molecule has 0 aliphatic heterocycles. The van der Waals surface area contributed by atoms with Gasteiger partial charge in [-0.25, -0.2) is 13.2 Å². The largest absolute Gasteiger partial charge is 0.325 e. The lowest BCUT2D eigenvalue weighted by Gasteiger charge is -2.20. The molecule has 0 bridgehead atoms. The monoisotopic (exact) mass is 335 g/mol. The Hall–Kier alpha value is -2.35. The van der Waals surface area contributed by atoms with Gasteiger partial charge in [-0.2, -0.15) is 0 Å². The van der Waals surface area contributed by atoms with Gasteiger partial charge < -0.3 is 4.98 Å². The number of benzene rings is 1. The molecule has 1 heterocycles. The van der Waals surface area contributed by atoms with E-state index in [0.29, 0.717) is 5.69 Å². The zero-order valence-corrected chi connectivity index (χ0v) is 13.4. The van der Waals surface area contributed by atoms with Crippen molar-refractivity contribution in [2.45, 2.75) is 37.5 Å². The number of aryl methyl sites for hydroxylation is 2. The van der Waals surface area contributed by atoms with Crippen LogP contribution in [-0.2, 0) is 22.9 Å². The van der Waals surface area contributed by atoms with E-state index in [1.807, 2.05) is 11.1 Å². The lowest BCUT2D eigenvalue weighted by atomic mass is 9.91. The molecule has 0 spiro atoms. The molecular formula is C15H17N3O4S. The van der Waals surface area contributed by atoms with E-state index in [9.17, 15) is 18.0 Å². The first kappa shape index (κ1) is 15.5. The van der Waals surface area contributed by atoms with Crippen molar-refractivity contribution in [3.8, 4) is 0 Å². The molecule has 1 aliphatic rings. The van der Waals surface area contributed by atoms with Gasteiger partial charge in [-0.3, -0.25) is 14.5 Å². The summed E-state index contributed by atoms with van der Waals surface area (Å²) in [6, 6.07) is 5.48. The van der Waals surface area contributed by atoms with Crippen LogP contribution in [0.5, 0.6) is 0 Å². The summed E-state index contributed by atoms with van der Waals surface area (Å²) in [5, 5.41) is 0.